The maximum absolute atomic E-state index is 12.9. The Morgan fingerprint density at radius 1 is 1.40 bits per heavy atom. The summed E-state index contributed by atoms with van der Waals surface area (Å²) in [4.78, 5) is 0. The molecule has 2 unspecified atom stereocenters. The van der Waals surface area contributed by atoms with Crippen LogP contribution < -0.4 is 5.32 Å². The van der Waals surface area contributed by atoms with Crippen LogP contribution in [-0.4, -0.2) is 11.9 Å². The molecule has 0 radical (unpaired) electrons. The highest BCUT2D eigenvalue weighted by molar-refractivity contribution is 6.18. The fourth-order valence-corrected chi connectivity index (χ4v) is 1.53. The zero-order valence-corrected chi connectivity index (χ0v) is 9.89. The Balaban J connectivity index is 2.43. The van der Waals surface area contributed by atoms with Crippen molar-refractivity contribution >= 4 is 11.6 Å². The van der Waals surface area contributed by atoms with Gasteiger partial charge < -0.3 is 5.32 Å². The lowest BCUT2D eigenvalue weighted by Crippen LogP contribution is -2.32. The number of halogens is 2. The van der Waals surface area contributed by atoms with Gasteiger partial charge in [-0.15, -0.1) is 11.6 Å². The van der Waals surface area contributed by atoms with E-state index in [-0.39, 0.29) is 5.82 Å². The molecule has 0 aliphatic rings. The van der Waals surface area contributed by atoms with Gasteiger partial charge in [0.25, 0.3) is 0 Å². The minimum atomic E-state index is -0.188. The molecule has 0 amide bonds. The van der Waals surface area contributed by atoms with E-state index in [4.69, 9.17) is 11.6 Å². The molecule has 1 rings (SSSR count). The minimum absolute atomic E-state index is 0.188. The van der Waals surface area contributed by atoms with Crippen molar-refractivity contribution in [3.05, 3.63) is 35.6 Å². The van der Waals surface area contributed by atoms with E-state index in [2.05, 4.69) is 19.2 Å². The molecule has 1 N–H and O–H groups in total. The molecular formula is C12H17ClFN. The van der Waals surface area contributed by atoms with Crippen LogP contribution in [0.25, 0.3) is 0 Å². The predicted molar refractivity (Wildman–Crippen MR) is 62.6 cm³/mol. The predicted octanol–water partition coefficient (Wildman–Crippen LogP) is 3.18. The van der Waals surface area contributed by atoms with E-state index in [1.54, 1.807) is 12.1 Å². The zero-order valence-electron chi connectivity index (χ0n) is 9.13. The molecule has 2 atom stereocenters. The van der Waals surface area contributed by atoms with Crippen molar-refractivity contribution in [2.24, 2.45) is 5.92 Å². The summed E-state index contributed by atoms with van der Waals surface area (Å²) in [6.45, 7) is 4.86. The van der Waals surface area contributed by atoms with Crippen LogP contribution in [-0.2, 0) is 6.54 Å². The summed E-state index contributed by atoms with van der Waals surface area (Å²) < 4.78 is 12.9. The third-order valence-corrected chi connectivity index (χ3v) is 3.10. The number of benzene rings is 1. The second kappa shape index (κ2) is 6.09. The number of hydrogen-bond donors (Lipinski definition) is 1. The van der Waals surface area contributed by atoms with Gasteiger partial charge in [-0.3, -0.25) is 0 Å². The van der Waals surface area contributed by atoms with Gasteiger partial charge in [0.15, 0.2) is 0 Å². The number of hydrogen-bond acceptors (Lipinski definition) is 1. The molecular weight excluding hydrogens is 213 g/mol. The first-order chi connectivity index (χ1) is 7.13. The first-order valence-corrected chi connectivity index (χ1v) is 5.70. The van der Waals surface area contributed by atoms with Gasteiger partial charge in [-0.1, -0.05) is 19.1 Å². The van der Waals surface area contributed by atoms with Gasteiger partial charge in [-0.05, 0) is 30.5 Å². The van der Waals surface area contributed by atoms with E-state index in [1.165, 1.54) is 6.07 Å². The average molecular weight is 230 g/mol. The Labute approximate surface area is 95.6 Å². The Morgan fingerprint density at radius 2 is 2.13 bits per heavy atom. The van der Waals surface area contributed by atoms with Crippen LogP contribution in [0, 0.1) is 11.7 Å². The summed E-state index contributed by atoms with van der Waals surface area (Å²) in [6, 6.07) is 6.97. The van der Waals surface area contributed by atoms with E-state index in [0.717, 1.165) is 5.56 Å². The first kappa shape index (κ1) is 12.5. The summed E-state index contributed by atoms with van der Waals surface area (Å²) in [5, 5.41) is 3.33. The van der Waals surface area contributed by atoms with E-state index in [0.29, 0.717) is 24.4 Å². The third-order valence-electron chi connectivity index (χ3n) is 2.61. The minimum Gasteiger partial charge on any atom is -0.310 e. The highest BCUT2D eigenvalue weighted by atomic mass is 35.5. The van der Waals surface area contributed by atoms with E-state index < -0.39 is 0 Å². The maximum Gasteiger partial charge on any atom is 0.123 e. The Hall–Kier alpha value is -0.600. The van der Waals surface area contributed by atoms with Crippen molar-refractivity contribution in [3.8, 4) is 0 Å². The van der Waals surface area contributed by atoms with Crippen LogP contribution in [0.1, 0.15) is 19.4 Å². The molecule has 0 fully saturated rings. The summed E-state index contributed by atoms with van der Waals surface area (Å²) in [5.41, 5.74) is 0.962. The van der Waals surface area contributed by atoms with Crippen molar-refractivity contribution in [2.45, 2.75) is 26.4 Å². The van der Waals surface area contributed by atoms with Crippen LogP contribution in [0.5, 0.6) is 0 Å². The summed E-state index contributed by atoms with van der Waals surface area (Å²) >= 11 is 5.75. The van der Waals surface area contributed by atoms with E-state index in [1.807, 2.05) is 6.07 Å². The molecule has 0 aliphatic carbocycles. The summed E-state index contributed by atoms with van der Waals surface area (Å²) in [5.74, 6) is 0.865. The number of alkyl halides is 1. The lowest BCUT2D eigenvalue weighted by Gasteiger charge is -2.19. The number of rotatable bonds is 5. The standard InChI is InChI=1S/C12H17ClFN/c1-9(7-13)10(2)15-8-11-4-3-5-12(14)6-11/h3-6,9-10,15H,7-8H2,1-2H3. The maximum atomic E-state index is 12.9. The van der Waals surface area contributed by atoms with Crippen molar-refractivity contribution in [1.29, 1.82) is 0 Å². The molecule has 0 bridgehead atoms. The molecule has 0 heterocycles. The molecule has 84 valence electrons. The van der Waals surface area contributed by atoms with Crippen LogP contribution >= 0.6 is 11.6 Å². The lowest BCUT2D eigenvalue weighted by molar-refractivity contribution is 0.429. The van der Waals surface area contributed by atoms with Crippen molar-refractivity contribution in [2.75, 3.05) is 5.88 Å². The molecule has 0 spiro atoms. The summed E-state index contributed by atoms with van der Waals surface area (Å²) in [7, 11) is 0. The quantitative estimate of drug-likeness (QED) is 0.765. The second-order valence-corrected chi connectivity index (χ2v) is 4.24. The van der Waals surface area contributed by atoms with Crippen molar-refractivity contribution < 1.29 is 4.39 Å². The summed E-state index contributed by atoms with van der Waals surface area (Å²) in [6.07, 6.45) is 0. The Morgan fingerprint density at radius 3 is 2.73 bits per heavy atom. The molecule has 0 saturated carbocycles. The van der Waals surface area contributed by atoms with Gasteiger partial charge in [-0.2, -0.15) is 0 Å². The zero-order chi connectivity index (χ0) is 11.3. The van der Waals surface area contributed by atoms with Crippen molar-refractivity contribution in [1.82, 2.24) is 5.32 Å². The second-order valence-electron chi connectivity index (χ2n) is 3.93. The van der Waals surface area contributed by atoms with Crippen LogP contribution in [0.4, 0.5) is 4.39 Å². The molecule has 15 heavy (non-hydrogen) atoms. The van der Waals surface area contributed by atoms with Crippen molar-refractivity contribution in [3.63, 3.8) is 0 Å². The molecule has 3 heteroatoms. The van der Waals surface area contributed by atoms with Gasteiger partial charge >= 0.3 is 0 Å². The Kier molecular flexibility index (Phi) is 5.06. The highest BCUT2D eigenvalue weighted by Crippen LogP contribution is 2.07. The topological polar surface area (TPSA) is 12.0 Å². The van der Waals surface area contributed by atoms with E-state index in [9.17, 15) is 4.39 Å². The Bertz CT molecular complexity index is 303. The molecule has 0 saturated heterocycles. The van der Waals surface area contributed by atoms with Gasteiger partial charge in [0.1, 0.15) is 5.82 Å². The normalized spacial score (nSPS) is 14.9. The molecule has 0 aliphatic heterocycles. The van der Waals surface area contributed by atoms with Gasteiger partial charge in [0.05, 0.1) is 0 Å². The van der Waals surface area contributed by atoms with Gasteiger partial charge in [0.2, 0.25) is 0 Å². The van der Waals surface area contributed by atoms with E-state index >= 15 is 0 Å². The first-order valence-electron chi connectivity index (χ1n) is 5.17. The fourth-order valence-electron chi connectivity index (χ4n) is 1.26. The van der Waals surface area contributed by atoms with Gasteiger partial charge in [-0.25, -0.2) is 4.39 Å². The largest absolute Gasteiger partial charge is 0.310 e. The lowest BCUT2D eigenvalue weighted by atomic mass is 10.1. The smallest absolute Gasteiger partial charge is 0.123 e. The van der Waals surface area contributed by atoms with Crippen LogP contribution in [0.3, 0.4) is 0 Å². The molecule has 1 aromatic carbocycles. The van der Waals surface area contributed by atoms with Crippen LogP contribution in [0.2, 0.25) is 0 Å². The fraction of sp³-hybridized carbons (Fsp3) is 0.500. The monoisotopic (exact) mass is 229 g/mol. The number of nitrogens with one attached hydrogen (secondary N) is 1. The van der Waals surface area contributed by atoms with Crippen LogP contribution in [0.15, 0.2) is 24.3 Å². The SMILES string of the molecule is CC(CCl)C(C)NCc1cccc(F)c1. The highest BCUT2D eigenvalue weighted by Gasteiger charge is 2.09. The average Bonchev–Trinajstić information content (AvgIpc) is 2.25. The molecule has 0 aromatic heterocycles. The molecule has 1 aromatic rings. The molecule has 1 nitrogen and oxygen atoms in total. The van der Waals surface area contributed by atoms with Gasteiger partial charge in [0, 0.05) is 18.5 Å². The third kappa shape index (κ3) is 4.18.